The second kappa shape index (κ2) is 9.38. The molecular weight excluding hydrogens is 531 g/mol. The minimum absolute atomic E-state index is 0. The first-order valence-electron chi connectivity index (χ1n) is 9.33. The zero-order valence-corrected chi connectivity index (χ0v) is 22.6. The zero-order chi connectivity index (χ0) is 25.1. The summed E-state index contributed by atoms with van der Waals surface area (Å²) in [5.41, 5.74) is 1.62. The number of aromatic nitrogens is 1. The number of anilines is 2. The van der Waals surface area contributed by atoms with Crippen molar-refractivity contribution in [1.29, 1.82) is 0 Å². The molecule has 1 radical (unpaired) electrons. The van der Waals surface area contributed by atoms with Gasteiger partial charge in [0.2, 0.25) is 0 Å². The molecule has 0 spiro atoms. The van der Waals surface area contributed by atoms with E-state index in [1.165, 1.54) is 0 Å². The van der Waals surface area contributed by atoms with Crippen LogP contribution in [-0.2, 0) is 30.4 Å². The van der Waals surface area contributed by atoms with Crippen molar-refractivity contribution in [3.63, 3.8) is 0 Å². The summed E-state index contributed by atoms with van der Waals surface area (Å²) in [6.45, 7) is 1.72. The molecular formula is C20H16N2NaO9S3. The summed E-state index contributed by atoms with van der Waals surface area (Å²) in [6, 6.07) is 11.9. The molecule has 0 bridgehead atoms. The Balaban J connectivity index is 0.00000342. The van der Waals surface area contributed by atoms with Crippen LogP contribution in [0.5, 0.6) is 0 Å². The number of hydrogen-bond donors (Lipinski definition) is 4. The van der Waals surface area contributed by atoms with Crippen LogP contribution in [0.3, 0.4) is 0 Å². The van der Waals surface area contributed by atoms with Crippen molar-refractivity contribution in [2.24, 2.45) is 0 Å². The van der Waals surface area contributed by atoms with Crippen LogP contribution in [0.1, 0.15) is 5.69 Å². The molecule has 4 rings (SSSR count). The van der Waals surface area contributed by atoms with Crippen LogP contribution in [0.4, 0.5) is 11.4 Å². The van der Waals surface area contributed by atoms with E-state index in [0.29, 0.717) is 34.4 Å². The number of fused-ring (bicyclic) bond motifs is 2. The van der Waals surface area contributed by atoms with Crippen molar-refractivity contribution in [2.45, 2.75) is 21.6 Å². The Morgan fingerprint density at radius 3 is 1.94 bits per heavy atom. The molecule has 35 heavy (non-hydrogen) atoms. The van der Waals surface area contributed by atoms with Crippen molar-refractivity contribution in [3.8, 4) is 0 Å². The van der Waals surface area contributed by atoms with Gasteiger partial charge < -0.3 is 5.32 Å². The molecule has 0 unspecified atom stereocenters. The minimum atomic E-state index is -5.14. The fourth-order valence-electron chi connectivity index (χ4n) is 3.63. The fourth-order valence-corrected chi connectivity index (χ4v) is 5.67. The van der Waals surface area contributed by atoms with Gasteiger partial charge in [-0.1, -0.05) is 18.2 Å². The number of rotatable bonds is 5. The summed E-state index contributed by atoms with van der Waals surface area (Å²) >= 11 is 0. The Hall–Kier alpha value is -2.14. The Kier molecular flexibility index (Phi) is 7.36. The summed E-state index contributed by atoms with van der Waals surface area (Å²) in [6.07, 6.45) is 0. The number of hydrogen-bond acceptors (Lipinski definition) is 8. The van der Waals surface area contributed by atoms with E-state index in [0.717, 1.165) is 12.1 Å². The molecule has 0 amide bonds. The van der Waals surface area contributed by atoms with Gasteiger partial charge in [-0.25, -0.2) is 0 Å². The van der Waals surface area contributed by atoms with E-state index in [1.807, 2.05) is 0 Å². The van der Waals surface area contributed by atoms with Crippen LogP contribution < -0.4 is 5.32 Å². The molecule has 0 aliphatic carbocycles. The van der Waals surface area contributed by atoms with Gasteiger partial charge in [0.15, 0.2) is 0 Å². The third-order valence-electron chi connectivity index (χ3n) is 4.98. The summed E-state index contributed by atoms with van der Waals surface area (Å²) in [4.78, 5) is 1.57. The van der Waals surface area contributed by atoms with E-state index >= 15 is 0 Å². The van der Waals surface area contributed by atoms with Gasteiger partial charge in [0, 0.05) is 62.8 Å². The van der Waals surface area contributed by atoms with E-state index in [2.05, 4.69) is 10.3 Å². The van der Waals surface area contributed by atoms with Gasteiger partial charge in [-0.05, 0) is 43.3 Å². The molecule has 0 aliphatic rings. The standard InChI is InChI=1S/C20H16N2O9S3.Na/c1-11-8-17(13-4-2-3-5-15(13)21-11)22-16-6-7-18(33(26,27)28)14-9-12(32(23,24)25)10-19(20(14)16)34(29,30)31;/h2-10H,1H3,(H,21,22)(H,23,24,25)(H,26,27,28)(H,29,30,31);. The van der Waals surface area contributed by atoms with Crippen LogP contribution in [0.25, 0.3) is 21.7 Å². The molecule has 3 aromatic carbocycles. The van der Waals surface area contributed by atoms with Crippen LogP contribution in [0.15, 0.2) is 69.3 Å². The summed E-state index contributed by atoms with van der Waals surface area (Å²) < 4.78 is 101. The largest absolute Gasteiger partial charge is 0.354 e. The van der Waals surface area contributed by atoms with Crippen molar-refractivity contribution in [2.75, 3.05) is 5.32 Å². The van der Waals surface area contributed by atoms with E-state index in [9.17, 15) is 38.9 Å². The van der Waals surface area contributed by atoms with Crippen molar-refractivity contribution in [3.05, 3.63) is 60.3 Å². The molecule has 0 saturated heterocycles. The van der Waals surface area contributed by atoms with Gasteiger partial charge >= 0.3 is 0 Å². The molecule has 1 heterocycles. The predicted molar refractivity (Wildman–Crippen MR) is 129 cm³/mol. The van der Waals surface area contributed by atoms with Crippen LogP contribution in [-0.4, -0.2) is 73.5 Å². The van der Waals surface area contributed by atoms with Crippen molar-refractivity contribution in [1.82, 2.24) is 4.98 Å². The smallest absolute Gasteiger partial charge is 0.295 e. The molecule has 1 aromatic heterocycles. The van der Waals surface area contributed by atoms with Gasteiger partial charge in [0.25, 0.3) is 30.4 Å². The molecule has 0 fully saturated rings. The average molecular weight is 548 g/mol. The number of nitrogens with zero attached hydrogens (tertiary/aromatic N) is 1. The first-order valence-corrected chi connectivity index (χ1v) is 13.6. The number of para-hydroxylation sites is 1. The first kappa shape index (κ1) is 27.4. The first-order chi connectivity index (χ1) is 15.7. The second-order valence-electron chi connectivity index (χ2n) is 7.33. The molecule has 15 heteroatoms. The Bertz CT molecular complexity index is 1820. The minimum Gasteiger partial charge on any atom is -0.354 e. The van der Waals surface area contributed by atoms with E-state index < -0.39 is 55.8 Å². The van der Waals surface area contributed by atoms with Crippen molar-refractivity contribution >= 4 is 93.0 Å². The quantitative estimate of drug-likeness (QED) is 0.212. The third kappa shape index (κ3) is 5.50. The fraction of sp³-hybridized carbons (Fsp3) is 0.0500. The van der Waals surface area contributed by atoms with Gasteiger partial charge in [-0.15, -0.1) is 0 Å². The molecule has 179 valence electrons. The van der Waals surface area contributed by atoms with Gasteiger partial charge in [-0.2, -0.15) is 25.3 Å². The maximum Gasteiger partial charge on any atom is 0.295 e. The van der Waals surface area contributed by atoms with Gasteiger partial charge in [-0.3, -0.25) is 18.6 Å². The van der Waals surface area contributed by atoms with Gasteiger partial charge in [0.05, 0.1) is 10.4 Å². The van der Waals surface area contributed by atoms with Crippen LogP contribution >= 0.6 is 0 Å². The maximum absolute atomic E-state index is 12.2. The zero-order valence-electron chi connectivity index (χ0n) is 18.2. The van der Waals surface area contributed by atoms with Gasteiger partial charge in [0.1, 0.15) is 9.79 Å². The number of nitrogens with one attached hydrogen (secondary N) is 1. The second-order valence-corrected chi connectivity index (χ2v) is 11.5. The molecule has 0 atom stereocenters. The maximum atomic E-state index is 12.2. The summed E-state index contributed by atoms with van der Waals surface area (Å²) in [5, 5.41) is 2.61. The Morgan fingerprint density at radius 2 is 1.34 bits per heavy atom. The third-order valence-corrected chi connectivity index (χ3v) is 7.60. The summed E-state index contributed by atoms with van der Waals surface area (Å²) in [7, 11) is -15.1. The number of benzene rings is 3. The SMILES string of the molecule is Cc1cc(Nc2ccc(S(=O)(=O)O)c3cc(S(=O)(=O)O)cc(S(=O)(=O)O)c23)c2ccccc2n1.[Na]. The normalized spacial score (nSPS) is 12.5. The molecule has 4 aromatic rings. The average Bonchev–Trinajstić information content (AvgIpc) is 2.70. The Morgan fingerprint density at radius 1 is 0.714 bits per heavy atom. The van der Waals surface area contributed by atoms with Crippen LogP contribution in [0.2, 0.25) is 0 Å². The van der Waals surface area contributed by atoms with Crippen LogP contribution in [0, 0.1) is 6.92 Å². The van der Waals surface area contributed by atoms with E-state index in [4.69, 9.17) is 0 Å². The number of aryl methyl sites for hydroxylation is 1. The van der Waals surface area contributed by atoms with E-state index in [1.54, 1.807) is 37.3 Å². The Labute approximate surface area is 222 Å². The topological polar surface area (TPSA) is 188 Å². The molecule has 11 nitrogen and oxygen atoms in total. The monoisotopic (exact) mass is 547 g/mol. The van der Waals surface area contributed by atoms with E-state index in [-0.39, 0.29) is 35.2 Å². The molecule has 0 saturated carbocycles. The predicted octanol–water partition coefficient (Wildman–Crippen LogP) is 2.80. The van der Waals surface area contributed by atoms with Crippen molar-refractivity contribution < 1.29 is 38.9 Å². The molecule has 4 N–H and O–H groups in total. The molecule has 0 aliphatic heterocycles. The number of pyridine rings is 1. The summed E-state index contributed by atoms with van der Waals surface area (Å²) in [5.74, 6) is 0.